The van der Waals surface area contributed by atoms with Gasteiger partial charge in [-0.05, 0) is 37.6 Å². The lowest BCUT2D eigenvalue weighted by molar-refractivity contribution is -0.140. The van der Waals surface area contributed by atoms with Crippen LogP contribution in [0.1, 0.15) is 20.3 Å². The van der Waals surface area contributed by atoms with Gasteiger partial charge in [-0.3, -0.25) is 0 Å². The van der Waals surface area contributed by atoms with Crippen LogP contribution in [0.3, 0.4) is 0 Å². The van der Waals surface area contributed by atoms with Gasteiger partial charge in [0.2, 0.25) is 0 Å². The highest BCUT2D eigenvalue weighted by Gasteiger charge is 2.16. The van der Waals surface area contributed by atoms with Crippen LogP contribution < -0.4 is 11.1 Å². The minimum absolute atomic E-state index is 0.0316. The SMILES string of the molecule is CCOCCOC(=O)/C(C#N)=C(/CC)Nc1ccc(N)cc1. The van der Waals surface area contributed by atoms with Crippen molar-refractivity contribution < 1.29 is 14.3 Å². The van der Waals surface area contributed by atoms with Gasteiger partial charge in [-0.1, -0.05) is 6.92 Å². The molecule has 0 fully saturated rings. The van der Waals surface area contributed by atoms with Crippen LogP contribution in [0.4, 0.5) is 11.4 Å². The van der Waals surface area contributed by atoms with Gasteiger partial charge in [0.15, 0.2) is 5.57 Å². The molecule has 22 heavy (non-hydrogen) atoms. The summed E-state index contributed by atoms with van der Waals surface area (Å²) in [5, 5.41) is 12.3. The van der Waals surface area contributed by atoms with Crippen molar-refractivity contribution in [1.29, 1.82) is 5.26 Å². The number of carbonyl (C=O) groups excluding carboxylic acids is 1. The van der Waals surface area contributed by atoms with Crippen LogP contribution in [0.2, 0.25) is 0 Å². The standard InChI is InChI=1S/C16H21N3O3/c1-3-15(19-13-7-5-12(18)6-8-13)14(11-17)16(20)22-10-9-21-4-2/h5-8,19H,3-4,9-10,18H2,1-2H3/b15-14-. The van der Waals surface area contributed by atoms with Crippen molar-refractivity contribution in [2.75, 3.05) is 30.9 Å². The van der Waals surface area contributed by atoms with E-state index in [2.05, 4.69) is 5.32 Å². The largest absolute Gasteiger partial charge is 0.459 e. The van der Waals surface area contributed by atoms with Gasteiger partial charge in [-0.25, -0.2) is 4.79 Å². The van der Waals surface area contributed by atoms with Crippen LogP contribution >= 0.6 is 0 Å². The first kappa shape index (κ1) is 17.5. The number of hydrogen-bond acceptors (Lipinski definition) is 6. The molecule has 118 valence electrons. The van der Waals surface area contributed by atoms with Gasteiger partial charge in [0.1, 0.15) is 12.7 Å². The van der Waals surface area contributed by atoms with E-state index in [1.165, 1.54) is 0 Å². The number of nitrogens with two attached hydrogens (primary N) is 1. The summed E-state index contributed by atoms with van der Waals surface area (Å²) in [5.41, 5.74) is 7.49. The van der Waals surface area contributed by atoms with Gasteiger partial charge >= 0.3 is 5.97 Å². The molecule has 0 atom stereocenters. The fourth-order valence-corrected chi connectivity index (χ4v) is 1.71. The number of nitrogens with one attached hydrogen (secondary N) is 1. The van der Waals surface area contributed by atoms with E-state index in [1.807, 2.05) is 19.9 Å². The number of nitriles is 1. The highest BCUT2D eigenvalue weighted by molar-refractivity contribution is 5.94. The molecule has 0 unspecified atom stereocenters. The predicted octanol–water partition coefficient (Wildman–Crippen LogP) is 2.45. The number of carbonyl (C=O) groups is 1. The molecule has 1 aromatic carbocycles. The molecule has 0 bridgehead atoms. The Labute approximate surface area is 130 Å². The molecule has 6 heteroatoms. The van der Waals surface area contributed by atoms with Crippen LogP contribution in [-0.4, -0.2) is 25.8 Å². The molecule has 0 aliphatic heterocycles. The number of rotatable bonds is 8. The van der Waals surface area contributed by atoms with Crippen LogP contribution in [0.15, 0.2) is 35.5 Å². The molecule has 6 nitrogen and oxygen atoms in total. The Morgan fingerprint density at radius 2 is 1.95 bits per heavy atom. The molecule has 0 saturated carbocycles. The Kier molecular flexibility index (Phi) is 7.51. The summed E-state index contributed by atoms with van der Waals surface area (Å²) in [5.74, 6) is -0.651. The molecule has 0 saturated heterocycles. The second-order valence-electron chi connectivity index (χ2n) is 4.40. The van der Waals surface area contributed by atoms with Crippen LogP contribution in [0.25, 0.3) is 0 Å². The van der Waals surface area contributed by atoms with Gasteiger partial charge in [0, 0.05) is 23.7 Å². The van der Waals surface area contributed by atoms with Crippen molar-refractivity contribution in [2.24, 2.45) is 0 Å². The first-order valence-corrected chi connectivity index (χ1v) is 7.13. The minimum Gasteiger partial charge on any atom is -0.459 e. The third kappa shape index (κ3) is 5.46. The zero-order valence-corrected chi connectivity index (χ0v) is 12.9. The second kappa shape index (κ2) is 9.42. The van der Waals surface area contributed by atoms with Gasteiger partial charge in [0.05, 0.1) is 6.61 Å². The number of nitrogen functional groups attached to an aromatic ring is 1. The number of esters is 1. The van der Waals surface area contributed by atoms with E-state index in [1.54, 1.807) is 24.3 Å². The lowest BCUT2D eigenvalue weighted by Crippen LogP contribution is -2.15. The Morgan fingerprint density at radius 3 is 2.50 bits per heavy atom. The fourth-order valence-electron chi connectivity index (χ4n) is 1.71. The summed E-state index contributed by atoms with van der Waals surface area (Å²) in [4.78, 5) is 12.0. The molecule has 0 aromatic heterocycles. The number of hydrogen-bond donors (Lipinski definition) is 2. The number of nitrogens with zero attached hydrogens (tertiary/aromatic N) is 1. The van der Waals surface area contributed by atoms with Crippen molar-refractivity contribution >= 4 is 17.3 Å². The van der Waals surface area contributed by atoms with Crippen molar-refractivity contribution in [3.05, 3.63) is 35.5 Å². The van der Waals surface area contributed by atoms with Crippen LogP contribution in [-0.2, 0) is 14.3 Å². The monoisotopic (exact) mass is 303 g/mol. The van der Waals surface area contributed by atoms with E-state index < -0.39 is 5.97 Å². The summed E-state index contributed by atoms with van der Waals surface area (Å²) in [6.07, 6.45) is 0.494. The quantitative estimate of drug-likeness (QED) is 0.252. The molecule has 0 spiro atoms. The van der Waals surface area contributed by atoms with E-state index in [9.17, 15) is 10.1 Å². The van der Waals surface area contributed by atoms with E-state index in [0.717, 1.165) is 5.69 Å². The van der Waals surface area contributed by atoms with Crippen LogP contribution in [0, 0.1) is 11.3 Å². The summed E-state index contributed by atoms with van der Waals surface area (Å²) in [6, 6.07) is 8.94. The van der Waals surface area contributed by atoms with Gasteiger partial charge in [-0.2, -0.15) is 5.26 Å². The Hall–Kier alpha value is -2.52. The zero-order chi connectivity index (χ0) is 16.4. The van der Waals surface area contributed by atoms with Gasteiger partial charge in [0.25, 0.3) is 0 Å². The van der Waals surface area contributed by atoms with Crippen molar-refractivity contribution in [3.63, 3.8) is 0 Å². The Bertz CT molecular complexity index is 559. The molecule has 0 radical (unpaired) electrons. The van der Waals surface area contributed by atoms with Gasteiger partial charge < -0.3 is 20.5 Å². The second-order valence-corrected chi connectivity index (χ2v) is 4.40. The molecular weight excluding hydrogens is 282 g/mol. The zero-order valence-electron chi connectivity index (χ0n) is 12.9. The molecule has 0 amide bonds. The van der Waals surface area contributed by atoms with Crippen LogP contribution in [0.5, 0.6) is 0 Å². The highest BCUT2D eigenvalue weighted by Crippen LogP contribution is 2.17. The lowest BCUT2D eigenvalue weighted by Gasteiger charge is -2.12. The van der Waals surface area contributed by atoms with E-state index in [0.29, 0.717) is 31.0 Å². The molecule has 1 rings (SSSR count). The normalized spacial score (nSPS) is 11.3. The average molecular weight is 303 g/mol. The Morgan fingerprint density at radius 1 is 1.27 bits per heavy atom. The first-order valence-electron chi connectivity index (χ1n) is 7.13. The molecule has 1 aromatic rings. The van der Waals surface area contributed by atoms with Crippen molar-refractivity contribution in [3.8, 4) is 6.07 Å². The number of allylic oxidation sites excluding steroid dienone is 1. The summed E-state index contributed by atoms with van der Waals surface area (Å²) in [6.45, 7) is 4.69. The highest BCUT2D eigenvalue weighted by atomic mass is 16.6. The van der Waals surface area contributed by atoms with E-state index in [4.69, 9.17) is 15.2 Å². The minimum atomic E-state index is -0.651. The van der Waals surface area contributed by atoms with Crippen molar-refractivity contribution in [1.82, 2.24) is 0 Å². The Balaban J connectivity index is 2.80. The smallest absolute Gasteiger partial charge is 0.350 e. The third-order valence-electron chi connectivity index (χ3n) is 2.84. The molecule has 0 aliphatic rings. The molecule has 0 aliphatic carbocycles. The molecule has 3 N–H and O–H groups in total. The van der Waals surface area contributed by atoms with Crippen molar-refractivity contribution in [2.45, 2.75) is 20.3 Å². The maximum Gasteiger partial charge on any atom is 0.350 e. The number of anilines is 2. The third-order valence-corrected chi connectivity index (χ3v) is 2.84. The molecular formula is C16H21N3O3. The number of benzene rings is 1. The lowest BCUT2D eigenvalue weighted by atomic mass is 10.1. The maximum absolute atomic E-state index is 12.0. The first-order chi connectivity index (χ1) is 10.6. The predicted molar refractivity (Wildman–Crippen MR) is 84.9 cm³/mol. The average Bonchev–Trinajstić information content (AvgIpc) is 2.53. The number of ether oxygens (including phenoxy) is 2. The van der Waals surface area contributed by atoms with Gasteiger partial charge in [-0.15, -0.1) is 0 Å². The molecule has 0 heterocycles. The van der Waals surface area contributed by atoms with E-state index >= 15 is 0 Å². The summed E-state index contributed by atoms with van der Waals surface area (Å²) in [7, 11) is 0. The van der Waals surface area contributed by atoms with E-state index in [-0.39, 0.29) is 12.2 Å². The topological polar surface area (TPSA) is 97.4 Å². The summed E-state index contributed by atoms with van der Waals surface area (Å²) < 4.78 is 10.1. The fraction of sp³-hybridized carbons (Fsp3) is 0.375. The summed E-state index contributed by atoms with van der Waals surface area (Å²) >= 11 is 0. The maximum atomic E-state index is 12.0.